The maximum Gasteiger partial charge on any atom is 0.330 e. The van der Waals surface area contributed by atoms with Gasteiger partial charge in [0.2, 0.25) is 0 Å². The molecular formula is C16H23NO6. The van der Waals surface area contributed by atoms with Gasteiger partial charge in [-0.15, -0.1) is 0 Å². The van der Waals surface area contributed by atoms with Gasteiger partial charge in [0.15, 0.2) is 0 Å². The van der Waals surface area contributed by atoms with Crippen molar-refractivity contribution in [3.8, 4) is 0 Å². The van der Waals surface area contributed by atoms with Gasteiger partial charge in [-0.3, -0.25) is 19.3 Å². The van der Waals surface area contributed by atoms with Gasteiger partial charge in [0.1, 0.15) is 17.2 Å². The molecule has 1 rings (SSSR count). The molecule has 2 amide bonds. The van der Waals surface area contributed by atoms with E-state index in [1.165, 1.54) is 0 Å². The molecular weight excluding hydrogens is 302 g/mol. The van der Waals surface area contributed by atoms with Gasteiger partial charge in [-0.1, -0.05) is 0 Å². The Hall–Kier alpha value is -2.18. The largest absolute Gasteiger partial charge is 0.460 e. The Bertz CT molecular complexity index is 532. The zero-order valence-electron chi connectivity index (χ0n) is 14.3. The molecule has 1 heterocycles. The SMILES string of the molecule is CC(C)(C)OC(=O)CC(C(=O)OC(C)(C)C)N1C(=O)C=CC1=O. The monoisotopic (exact) mass is 325 g/mol. The van der Waals surface area contributed by atoms with Gasteiger partial charge in [-0.2, -0.15) is 0 Å². The van der Waals surface area contributed by atoms with Crippen molar-refractivity contribution in [3.63, 3.8) is 0 Å². The highest BCUT2D eigenvalue weighted by Gasteiger charge is 2.40. The van der Waals surface area contributed by atoms with E-state index in [-0.39, 0.29) is 0 Å². The first-order valence-electron chi connectivity index (χ1n) is 7.30. The summed E-state index contributed by atoms with van der Waals surface area (Å²) in [7, 11) is 0. The lowest BCUT2D eigenvalue weighted by atomic mass is 10.1. The minimum Gasteiger partial charge on any atom is -0.460 e. The molecule has 0 radical (unpaired) electrons. The van der Waals surface area contributed by atoms with Crippen LogP contribution in [0.1, 0.15) is 48.0 Å². The van der Waals surface area contributed by atoms with Crippen molar-refractivity contribution in [1.29, 1.82) is 0 Å². The van der Waals surface area contributed by atoms with Gasteiger partial charge in [0.25, 0.3) is 11.8 Å². The fourth-order valence-electron chi connectivity index (χ4n) is 1.91. The van der Waals surface area contributed by atoms with Gasteiger partial charge in [0.05, 0.1) is 6.42 Å². The maximum absolute atomic E-state index is 12.3. The number of carbonyl (C=O) groups is 4. The molecule has 0 N–H and O–H groups in total. The number of ether oxygens (including phenoxy) is 2. The molecule has 0 aliphatic carbocycles. The van der Waals surface area contributed by atoms with Crippen molar-refractivity contribution in [2.45, 2.75) is 65.2 Å². The Morgan fingerprint density at radius 2 is 1.39 bits per heavy atom. The predicted molar refractivity (Wildman–Crippen MR) is 81.1 cm³/mol. The highest BCUT2D eigenvalue weighted by atomic mass is 16.6. The second kappa shape index (κ2) is 6.52. The van der Waals surface area contributed by atoms with Gasteiger partial charge < -0.3 is 9.47 Å². The predicted octanol–water partition coefficient (Wildman–Crippen LogP) is 1.35. The van der Waals surface area contributed by atoms with Crippen LogP contribution in [0.2, 0.25) is 0 Å². The smallest absolute Gasteiger partial charge is 0.330 e. The summed E-state index contributed by atoms with van der Waals surface area (Å²) in [5.74, 6) is -2.83. The summed E-state index contributed by atoms with van der Waals surface area (Å²) in [6, 6.07) is -1.35. The number of esters is 2. The third-order valence-electron chi connectivity index (χ3n) is 2.61. The van der Waals surface area contributed by atoms with Crippen molar-refractivity contribution in [1.82, 2.24) is 4.90 Å². The van der Waals surface area contributed by atoms with Crippen LogP contribution in [0.25, 0.3) is 0 Å². The molecule has 0 aromatic rings. The highest BCUT2D eigenvalue weighted by Crippen LogP contribution is 2.19. The Kier molecular flexibility index (Phi) is 5.35. The molecule has 23 heavy (non-hydrogen) atoms. The molecule has 128 valence electrons. The lowest BCUT2D eigenvalue weighted by molar-refractivity contribution is -0.171. The first kappa shape index (κ1) is 18.9. The quantitative estimate of drug-likeness (QED) is 0.572. The van der Waals surface area contributed by atoms with Gasteiger partial charge >= 0.3 is 11.9 Å². The first-order valence-corrected chi connectivity index (χ1v) is 7.30. The van der Waals surface area contributed by atoms with Crippen LogP contribution >= 0.6 is 0 Å². The maximum atomic E-state index is 12.3. The summed E-state index contributed by atoms with van der Waals surface area (Å²) in [5, 5.41) is 0. The Labute approximate surface area is 135 Å². The van der Waals surface area contributed by atoms with Gasteiger partial charge in [0, 0.05) is 12.2 Å². The summed E-state index contributed by atoms with van der Waals surface area (Å²) >= 11 is 0. The Morgan fingerprint density at radius 3 is 1.78 bits per heavy atom. The number of imide groups is 1. The molecule has 0 spiro atoms. The molecule has 0 aromatic heterocycles. The van der Waals surface area contributed by atoms with Crippen molar-refractivity contribution in [3.05, 3.63) is 12.2 Å². The van der Waals surface area contributed by atoms with Gasteiger partial charge in [-0.25, -0.2) is 4.79 Å². The topological polar surface area (TPSA) is 90.0 Å². The fourth-order valence-corrected chi connectivity index (χ4v) is 1.91. The summed E-state index contributed by atoms with van der Waals surface area (Å²) in [6.07, 6.45) is 1.65. The zero-order chi connectivity index (χ0) is 18.0. The van der Waals surface area contributed by atoms with Gasteiger partial charge in [-0.05, 0) is 41.5 Å². The number of carbonyl (C=O) groups excluding carboxylic acids is 4. The lowest BCUT2D eigenvalue weighted by Gasteiger charge is -2.29. The van der Waals surface area contributed by atoms with Crippen LogP contribution in [0, 0.1) is 0 Å². The molecule has 0 bridgehead atoms. The van der Waals surface area contributed by atoms with Crippen LogP contribution in [0.15, 0.2) is 12.2 Å². The molecule has 1 aliphatic heterocycles. The zero-order valence-corrected chi connectivity index (χ0v) is 14.3. The normalized spacial score (nSPS) is 16.5. The number of rotatable bonds is 4. The number of hydrogen-bond donors (Lipinski definition) is 0. The summed E-state index contributed by atoms with van der Waals surface area (Å²) in [6.45, 7) is 10.0. The van der Waals surface area contributed by atoms with Crippen molar-refractivity contribution < 1.29 is 28.7 Å². The highest BCUT2D eigenvalue weighted by molar-refractivity contribution is 6.15. The molecule has 1 unspecified atom stereocenters. The minimum atomic E-state index is -1.35. The molecule has 0 aromatic carbocycles. The van der Waals surface area contributed by atoms with E-state index >= 15 is 0 Å². The second-order valence-electron chi connectivity index (χ2n) is 7.22. The molecule has 0 saturated carbocycles. The molecule has 7 nitrogen and oxygen atoms in total. The second-order valence-corrected chi connectivity index (χ2v) is 7.22. The lowest BCUT2D eigenvalue weighted by Crippen LogP contribution is -2.49. The average Bonchev–Trinajstić information content (AvgIpc) is 2.61. The minimum absolute atomic E-state index is 0.453. The van der Waals surface area contributed by atoms with Crippen molar-refractivity contribution >= 4 is 23.8 Å². The van der Waals surface area contributed by atoms with E-state index in [0.29, 0.717) is 0 Å². The number of hydrogen-bond acceptors (Lipinski definition) is 6. The molecule has 1 aliphatic rings. The van der Waals surface area contributed by atoms with E-state index in [9.17, 15) is 19.2 Å². The van der Waals surface area contributed by atoms with Crippen LogP contribution in [0.4, 0.5) is 0 Å². The number of nitrogens with zero attached hydrogens (tertiary/aromatic N) is 1. The first-order chi connectivity index (χ1) is 10.3. The molecule has 0 fully saturated rings. The van der Waals surface area contributed by atoms with Crippen LogP contribution in [0.5, 0.6) is 0 Å². The molecule has 0 saturated heterocycles. The summed E-state index contributed by atoms with van der Waals surface area (Å²) in [4.78, 5) is 48.7. The third-order valence-corrected chi connectivity index (χ3v) is 2.61. The van der Waals surface area contributed by atoms with Crippen molar-refractivity contribution in [2.24, 2.45) is 0 Å². The van der Waals surface area contributed by atoms with E-state index in [2.05, 4.69) is 0 Å². The van der Waals surface area contributed by atoms with Crippen LogP contribution in [0.3, 0.4) is 0 Å². The Morgan fingerprint density at radius 1 is 0.957 bits per heavy atom. The fraction of sp³-hybridized carbons (Fsp3) is 0.625. The van der Waals surface area contributed by atoms with E-state index < -0.39 is 47.4 Å². The Balaban J connectivity index is 2.98. The molecule has 1 atom stereocenters. The van der Waals surface area contributed by atoms with Crippen molar-refractivity contribution in [2.75, 3.05) is 0 Å². The van der Waals surface area contributed by atoms with E-state index in [4.69, 9.17) is 9.47 Å². The average molecular weight is 325 g/mol. The van der Waals surface area contributed by atoms with E-state index in [1.807, 2.05) is 0 Å². The van der Waals surface area contributed by atoms with E-state index in [0.717, 1.165) is 17.1 Å². The summed E-state index contributed by atoms with van der Waals surface area (Å²) in [5.41, 5.74) is -1.56. The van der Waals surface area contributed by atoms with Crippen LogP contribution in [-0.2, 0) is 28.7 Å². The third kappa shape index (κ3) is 5.84. The van der Waals surface area contributed by atoms with Crippen LogP contribution < -0.4 is 0 Å². The van der Waals surface area contributed by atoms with Crippen LogP contribution in [-0.4, -0.2) is 45.9 Å². The number of amides is 2. The summed E-state index contributed by atoms with van der Waals surface area (Å²) < 4.78 is 10.4. The van der Waals surface area contributed by atoms with E-state index in [1.54, 1.807) is 41.5 Å². The standard InChI is InChI=1S/C16H23NO6/c1-15(2,3)22-13(20)9-10(14(21)23-16(4,5)6)17-11(18)7-8-12(17)19/h7-8,10H,9H2,1-6H3. The molecule has 7 heteroatoms.